The van der Waals surface area contributed by atoms with Gasteiger partial charge in [-0.25, -0.2) is 0 Å². The molecule has 0 atom stereocenters. The summed E-state index contributed by atoms with van der Waals surface area (Å²) >= 11 is 8.06. The standard InChI is InChI=1S/C13H18ClNS/c1-15-9-10-8-11(14)6-7-13(10)16-12-4-2-3-5-12/h6-8,12,15H,2-5,9H2,1H3. The lowest BCUT2D eigenvalue weighted by Crippen LogP contribution is -2.07. The van der Waals surface area contributed by atoms with E-state index in [2.05, 4.69) is 17.4 Å². The Balaban J connectivity index is 2.11. The van der Waals surface area contributed by atoms with E-state index in [0.717, 1.165) is 16.8 Å². The Morgan fingerprint density at radius 3 is 2.81 bits per heavy atom. The molecular formula is C13H18ClNS. The van der Waals surface area contributed by atoms with Crippen LogP contribution in [0.1, 0.15) is 31.2 Å². The summed E-state index contributed by atoms with van der Waals surface area (Å²) in [6, 6.07) is 6.24. The van der Waals surface area contributed by atoms with Gasteiger partial charge in [0.2, 0.25) is 0 Å². The van der Waals surface area contributed by atoms with E-state index in [4.69, 9.17) is 11.6 Å². The normalized spacial score (nSPS) is 16.9. The van der Waals surface area contributed by atoms with Gasteiger partial charge in [0, 0.05) is 21.7 Å². The van der Waals surface area contributed by atoms with Crippen molar-refractivity contribution >= 4 is 23.4 Å². The lowest BCUT2D eigenvalue weighted by atomic mass is 10.2. The van der Waals surface area contributed by atoms with Gasteiger partial charge in [-0.2, -0.15) is 0 Å². The van der Waals surface area contributed by atoms with Crippen molar-refractivity contribution in [2.75, 3.05) is 7.05 Å². The van der Waals surface area contributed by atoms with Gasteiger partial charge in [-0.1, -0.05) is 24.4 Å². The molecule has 0 radical (unpaired) electrons. The summed E-state index contributed by atoms with van der Waals surface area (Å²) in [6.07, 6.45) is 5.53. The molecule has 1 aliphatic carbocycles. The zero-order valence-corrected chi connectivity index (χ0v) is 11.2. The maximum atomic E-state index is 6.03. The molecule has 0 aromatic heterocycles. The van der Waals surface area contributed by atoms with Crippen LogP contribution in [0, 0.1) is 0 Å². The topological polar surface area (TPSA) is 12.0 Å². The number of thioether (sulfide) groups is 1. The number of rotatable bonds is 4. The fourth-order valence-electron chi connectivity index (χ4n) is 2.18. The van der Waals surface area contributed by atoms with Crippen LogP contribution in [0.3, 0.4) is 0 Å². The summed E-state index contributed by atoms with van der Waals surface area (Å²) in [5.74, 6) is 0. The number of hydrogen-bond acceptors (Lipinski definition) is 2. The monoisotopic (exact) mass is 255 g/mol. The molecule has 1 saturated carbocycles. The largest absolute Gasteiger partial charge is 0.316 e. The molecule has 1 fully saturated rings. The van der Waals surface area contributed by atoms with Crippen LogP contribution in [0.4, 0.5) is 0 Å². The maximum absolute atomic E-state index is 6.03. The molecule has 88 valence electrons. The molecule has 3 heteroatoms. The van der Waals surface area contributed by atoms with E-state index in [1.54, 1.807) is 0 Å². The van der Waals surface area contributed by atoms with Crippen molar-refractivity contribution in [1.82, 2.24) is 5.32 Å². The van der Waals surface area contributed by atoms with Crippen molar-refractivity contribution in [3.05, 3.63) is 28.8 Å². The molecule has 1 N–H and O–H groups in total. The van der Waals surface area contributed by atoms with Crippen molar-refractivity contribution in [3.8, 4) is 0 Å². The van der Waals surface area contributed by atoms with Crippen LogP contribution in [-0.2, 0) is 6.54 Å². The second kappa shape index (κ2) is 5.95. The Labute approximate surface area is 107 Å². The Hall–Kier alpha value is -0.180. The highest BCUT2D eigenvalue weighted by Crippen LogP contribution is 2.36. The van der Waals surface area contributed by atoms with Crippen LogP contribution in [0.5, 0.6) is 0 Å². The Bertz CT molecular complexity index is 348. The predicted octanol–water partition coefficient (Wildman–Crippen LogP) is 4.09. The van der Waals surface area contributed by atoms with Gasteiger partial charge in [0.1, 0.15) is 0 Å². The molecule has 0 amide bonds. The van der Waals surface area contributed by atoms with Gasteiger partial charge in [-0.05, 0) is 43.7 Å². The second-order valence-corrected chi connectivity index (χ2v) is 6.09. The maximum Gasteiger partial charge on any atom is 0.0410 e. The van der Waals surface area contributed by atoms with Crippen molar-refractivity contribution in [3.63, 3.8) is 0 Å². The van der Waals surface area contributed by atoms with Gasteiger partial charge in [0.15, 0.2) is 0 Å². The van der Waals surface area contributed by atoms with Gasteiger partial charge in [0.25, 0.3) is 0 Å². The SMILES string of the molecule is CNCc1cc(Cl)ccc1SC1CCCC1. The van der Waals surface area contributed by atoms with Crippen LogP contribution in [0.25, 0.3) is 0 Å². The minimum Gasteiger partial charge on any atom is -0.316 e. The molecule has 0 unspecified atom stereocenters. The van der Waals surface area contributed by atoms with Gasteiger partial charge in [0.05, 0.1) is 0 Å². The molecule has 0 heterocycles. The first kappa shape index (κ1) is 12.3. The van der Waals surface area contributed by atoms with E-state index < -0.39 is 0 Å². The second-order valence-electron chi connectivity index (χ2n) is 4.31. The summed E-state index contributed by atoms with van der Waals surface area (Å²) in [4.78, 5) is 1.39. The molecule has 1 nitrogen and oxygen atoms in total. The smallest absolute Gasteiger partial charge is 0.0410 e. The highest BCUT2D eigenvalue weighted by Gasteiger charge is 2.17. The van der Waals surface area contributed by atoms with Crippen LogP contribution in [-0.4, -0.2) is 12.3 Å². The average Bonchev–Trinajstić information content (AvgIpc) is 2.75. The summed E-state index contributed by atoms with van der Waals surface area (Å²) in [5, 5.41) is 4.86. The highest BCUT2D eigenvalue weighted by molar-refractivity contribution is 8.00. The minimum absolute atomic E-state index is 0.816. The lowest BCUT2D eigenvalue weighted by molar-refractivity contribution is 0.801. The summed E-state index contributed by atoms with van der Waals surface area (Å²) in [7, 11) is 1.98. The van der Waals surface area contributed by atoms with Gasteiger partial charge in [-0.3, -0.25) is 0 Å². The van der Waals surface area contributed by atoms with Crippen LogP contribution < -0.4 is 5.32 Å². The third-order valence-corrected chi connectivity index (χ3v) is 4.68. The first-order chi connectivity index (χ1) is 7.79. The zero-order chi connectivity index (χ0) is 11.4. The summed E-state index contributed by atoms with van der Waals surface area (Å²) in [5.41, 5.74) is 1.33. The molecule has 0 saturated heterocycles. The van der Waals surface area contributed by atoms with Crippen LogP contribution >= 0.6 is 23.4 Å². The number of benzene rings is 1. The molecule has 2 rings (SSSR count). The molecule has 1 aromatic rings. The summed E-state index contributed by atoms with van der Waals surface area (Å²) < 4.78 is 0. The zero-order valence-electron chi connectivity index (χ0n) is 9.63. The highest BCUT2D eigenvalue weighted by atomic mass is 35.5. The van der Waals surface area contributed by atoms with E-state index in [-0.39, 0.29) is 0 Å². The lowest BCUT2D eigenvalue weighted by Gasteiger charge is -2.13. The molecule has 0 bridgehead atoms. The average molecular weight is 256 g/mol. The predicted molar refractivity (Wildman–Crippen MR) is 72.3 cm³/mol. The van der Waals surface area contributed by atoms with E-state index in [9.17, 15) is 0 Å². The van der Waals surface area contributed by atoms with Gasteiger partial charge in [-0.15, -0.1) is 11.8 Å². The molecule has 1 aliphatic rings. The van der Waals surface area contributed by atoms with E-state index in [1.807, 2.05) is 24.9 Å². The quantitative estimate of drug-likeness (QED) is 0.870. The number of hydrogen-bond donors (Lipinski definition) is 1. The molecule has 16 heavy (non-hydrogen) atoms. The van der Waals surface area contributed by atoms with E-state index in [0.29, 0.717) is 0 Å². The molecule has 1 aromatic carbocycles. The minimum atomic E-state index is 0.816. The third kappa shape index (κ3) is 3.16. The number of halogens is 1. The van der Waals surface area contributed by atoms with E-state index >= 15 is 0 Å². The van der Waals surface area contributed by atoms with Gasteiger partial charge < -0.3 is 5.32 Å². The van der Waals surface area contributed by atoms with Gasteiger partial charge >= 0.3 is 0 Å². The Morgan fingerprint density at radius 1 is 1.38 bits per heavy atom. The summed E-state index contributed by atoms with van der Waals surface area (Å²) in [6.45, 7) is 0.898. The van der Waals surface area contributed by atoms with Crippen LogP contribution in [0.15, 0.2) is 23.1 Å². The molecule has 0 aliphatic heterocycles. The first-order valence-corrected chi connectivity index (χ1v) is 7.15. The molecular weight excluding hydrogens is 238 g/mol. The van der Waals surface area contributed by atoms with Crippen molar-refractivity contribution in [2.45, 2.75) is 42.4 Å². The van der Waals surface area contributed by atoms with Crippen molar-refractivity contribution in [1.29, 1.82) is 0 Å². The Kier molecular flexibility index (Phi) is 4.56. The van der Waals surface area contributed by atoms with Crippen LogP contribution in [0.2, 0.25) is 5.02 Å². The van der Waals surface area contributed by atoms with Crippen molar-refractivity contribution in [2.24, 2.45) is 0 Å². The first-order valence-electron chi connectivity index (χ1n) is 5.89. The van der Waals surface area contributed by atoms with Crippen molar-refractivity contribution < 1.29 is 0 Å². The fraction of sp³-hybridized carbons (Fsp3) is 0.538. The fourth-order valence-corrected chi connectivity index (χ4v) is 3.73. The Morgan fingerprint density at radius 2 is 2.12 bits per heavy atom. The molecule has 0 spiro atoms. The van der Waals surface area contributed by atoms with E-state index in [1.165, 1.54) is 36.1 Å². The third-order valence-electron chi connectivity index (χ3n) is 2.99. The number of nitrogens with one attached hydrogen (secondary N) is 1.